The number of fused-ring (bicyclic) bond motifs is 1. The van der Waals surface area contributed by atoms with Gasteiger partial charge >= 0.3 is 0 Å². The Hall–Kier alpha value is -1.74. The molecule has 6 nitrogen and oxygen atoms in total. The van der Waals surface area contributed by atoms with E-state index in [0.717, 1.165) is 31.1 Å². The largest absolute Gasteiger partial charge is 0.493 e. The van der Waals surface area contributed by atoms with E-state index in [1.807, 2.05) is 31.2 Å². The second-order valence-corrected chi connectivity index (χ2v) is 6.86. The minimum atomic E-state index is -1.11. The first-order valence-corrected chi connectivity index (χ1v) is 8.95. The van der Waals surface area contributed by atoms with Crippen LogP contribution in [0.5, 0.6) is 5.75 Å². The Labute approximate surface area is 177 Å². The number of aliphatic hydroxyl groups is 1. The van der Waals surface area contributed by atoms with Gasteiger partial charge in [0.1, 0.15) is 22.9 Å². The average molecular weight is 485 g/mol. The molecule has 148 valence electrons. The van der Waals surface area contributed by atoms with Crippen molar-refractivity contribution < 1.29 is 14.3 Å². The molecule has 7 heteroatoms. The topological polar surface area (TPSA) is 79.0 Å². The Morgan fingerprint density at radius 2 is 2.04 bits per heavy atom. The fourth-order valence-electron chi connectivity index (χ4n) is 3.14. The van der Waals surface area contributed by atoms with Gasteiger partial charge in [0.05, 0.1) is 13.2 Å². The van der Waals surface area contributed by atoms with Gasteiger partial charge in [-0.2, -0.15) is 0 Å². The van der Waals surface area contributed by atoms with Gasteiger partial charge in [-0.15, -0.1) is 24.0 Å². The van der Waals surface area contributed by atoms with Gasteiger partial charge in [-0.25, -0.2) is 0 Å². The third-order valence-corrected chi connectivity index (χ3v) is 4.69. The highest BCUT2D eigenvalue weighted by Crippen LogP contribution is 2.32. The van der Waals surface area contributed by atoms with Crippen LogP contribution in [0.3, 0.4) is 0 Å². The van der Waals surface area contributed by atoms with E-state index in [1.165, 1.54) is 5.56 Å². The number of para-hydroxylation sites is 1. The molecule has 0 bridgehead atoms. The SMILES string of the molecule is CN=C(NCC1CCOc2ccccc21)NCC(C)(O)c1ccc(C)o1.I. The number of aryl methyl sites for hydroxylation is 1. The third kappa shape index (κ3) is 5.38. The van der Waals surface area contributed by atoms with Crippen LogP contribution in [0.15, 0.2) is 45.8 Å². The van der Waals surface area contributed by atoms with Crippen LogP contribution in [0.4, 0.5) is 0 Å². The van der Waals surface area contributed by atoms with Crippen LogP contribution >= 0.6 is 24.0 Å². The molecule has 0 saturated heterocycles. The van der Waals surface area contributed by atoms with E-state index in [-0.39, 0.29) is 24.0 Å². The van der Waals surface area contributed by atoms with Gasteiger partial charge in [0.15, 0.2) is 5.96 Å². The molecule has 0 spiro atoms. The first-order valence-electron chi connectivity index (χ1n) is 8.95. The summed E-state index contributed by atoms with van der Waals surface area (Å²) in [6.07, 6.45) is 0.963. The molecule has 1 aliphatic heterocycles. The fourth-order valence-corrected chi connectivity index (χ4v) is 3.14. The summed E-state index contributed by atoms with van der Waals surface area (Å²) in [5.41, 5.74) is 0.108. The van der Waals surface area contributed by atoms with Crippen molar-refractivity contribution >= 4 is 29.9 Å². The van der Waals surface area contributed by atoms with Crippen molar-refractivity contribution in [2.24, 2.45) is 4.99 Å². The molecule has 27 heavy (non-hydrogen) atoms. The van der Waals surface area contributed by atoms with E-state index >= 15 is 0 Å². The lowest BCUT2D eigenvalue weighted by Crippen LogP contribution is -2.45. The number of hydrogen-bond acceptors (Lipinski definition) is 4. The quantitative estimate of drug-likeness (QED) is 0.345. The summed E-state index contributed by atoms with van der Waals surface area (Å²) in [6, 6.07) is 11.8. The van der Waals surface area contributed by atoms with Crippen LogP contribution in [-0.4, -0.2) is 37.8 Å². The smallest absolute Gasteiger partial charge is 0.191 e. The predicted octanol–water partition coefficient (Wildman–Crippen LogP) is 3.14. The Morgan fingerprint density at radius 1 is 1.26 bits per heavy atom. The summed E-state index contributed by atoms with van der Waals surface area (Å²) >= 11 is 0. The lowest BCUT2D eigenvalue weighted by molar-refractivity contribution is 0.0378. The van der Waals surface area contributed by atoms with Gasteiger partial charge in [0, 0.05) is 19.5 Å². The van der Waals surface area contributed by atoms with E-state index in [0.29, 0.717) is 24.2 Å². The zero-order valence-electron chi connectivity index (χ0n) is 16.0. The maximum Gasteiger partial charge on any atom is 0.191 e. The Balaban J connectivity index is 0.00000261. The highest BCUT2D eigenvalue weighted by atomic mass is 127. The minimum Gasteiger partial charge on any atom is -0.493 e. The van der Waals surface area contributed by atoms with E-state index < -0.39 is 5.60 Å². The second kappa shape index (κ2) is 9.45. The molecule has 1 aliphatic rings. The number of benzene rings is 1. The Morgan fingerprint density at radius 3 is 2.74 bits per heavy atom. The van der Waals surface area contributed by atoms with E-state index in [4.69, 9.17) is 9.15 Å². The number of aliphatic imine (C=N–C) groups is 1. The monoisotopic (exact) mass is 485 g/mol. The molecule has 2 aromatic rings. The summed E-state index contributed by atoms with van der Waals surface area (Å²) in [5, 5.41) is 17.2. The molecule has 0 amide bonds. The molecular formula is C20H28IN3O3. The number of ether oxygens (including phenoxy) is 1. The number of halogens is 1. The first kappa shape index (κ1) is 21.6. The maximum absolute atomic E-state index is 10.6. The molecule has 0 saturated carbocycles. The van der Waals surface area contributed by atoms with Gasteiger partial charge in [0.25, 0.3) is 0 Å². The number of nitrogens with zero attached hydrogens (tertiary/aromatic N) is 1. The lowest BCUT2D eigenvalue weighted by Gasteiger charge is -2.27. The van der Waals surface area contributed by atoms with Crippen molar-refractivity contribution in [3.05, 3.63) is 53.5 Å². The number of nitrogens with one attached hydrogen (secondary N) is 2. The summed E-state index contributed by atoms with van der Waals surface area (Å²) in [7, 11) is 1.72. The molecule has 1 aromatic carbocycles. The van der Waals surface area contributed by atoms with Crippen molar-refractivity contribution in [3.63, 3.8) is 0 Å². The summed E-state index contributed by atoms with van der Waals surface area (Å²) < 4.78 is 11.3. The predicted molar refractivity (Wildman–Crippen MR) is 117 cm³/mol. The van der Waals surface area contributed by atoms with Crippen molar-refractivity contribution in [2.45, 2.75) is 31.8 Å². The maximum atomic E-state index is 10.6. The molecule has 1 aromatic heterocycles. The number of guanidine groups is 1. The molecule has 0 aliphatic carbocycles. The van der Waals surface area contributed by atoms with Crippen molar-refractivity contribution in [2.75, 3.05) is 26.7 Å². The van der Waals surface area contributed by atoms with Crippen LogP contribution in [0, 0.1) is 6.92 Å². The summed E-state index contributed by atoms with van der Waals surface area (Å²) in [5.74, 6) is 3.30. The third-order valence-electron chi connectivity index (χ3n) is 4.69. The summed E-state index contributed by atoms with van der Waals surface area (Å²) in [6.45, 7) is 5.35. The van der Waals surface area contributed by atoms with Crippen molar-refractivity contribution in [3.8, 4) is 5.75 Å². The van der Waals surface area contributed by atoms with E-state index in [1.54, 1.807) is 20.0 Å². The van der Waals surface area contributed by atoms with E-state index in [2.05, 4.69) is 21.7 Å². The summed E-state index contributed by atoms with van der Waals surface area (Å²) in [4.78, 5) is 4.25. The van der Waals surface area contributed by atoms with Gasteiger partial charge in [-0.05, 0) is 44.0 Å². The van der Waals surface area contributed by atoms with Crippen LogP contribution in [0.1, 0.15) is 36.3 Å². The molecule has 2 unspecified atom stereocenters. The Kier molecular flexibility index (Phi) is 7.55. The standard InChI is InChI=1S/C20H27N3O3.HI/c1-14-8-9-18(26-14)20(2,24)13-23-19(21-3)22-12-15-10-11-25-17-7-5-4-6-16(15)17;/h4-9,15,24H,10-13H2,1-3H3,(H2,21,22,23);1H. The van der Waals surface area contributed by atoms with Crippen LogP contribution in [-0.2, 0) is 5.60 Å². The highest BCUT2D eigenvalue weighted by molar-refractivity contribution is 14.0. The molecule has 0 fully saturated rings. The highest BCUT2D eigenvalue weighted by Gasteiger charge is 2.27. The van der Waals surface area contributed by atoms with Crippen molar-refractivity contribution in [1.29, 1.82) is 0 Å². The van der Waals surface area contributed by atoms with Gasteiger partial charge in [0.2, 0.25) is 0 Å². The molecule has 3 rings (SSSR count). The van der Waals surface area contributed by atoms with Gasteiger partial charge < -0.3 is 24.9 Å². The molecule has 2 heterocycles. The van der Waals surface area contributed by atoms with Gasteiger partial charge in [-0.3, -0.25) is 4.99 Å². The zero-order valence-corrected chi connectivity index (χ0v) is 18.3. The van der Waals surface area contributed by atoms with E-state index in [9.17, 15) is 5.11 Å². The minimum absolute atomic E-state index is 0. The van der Waals surface area contributed by atoms with Gasteiger partial charge in [-0.1, -0.05) is 18.2 Å². The van der Waals surface area contributed by atoms with Crippen LogP contribution in [0.2, 0.25) is 0 Å². The lowest BCUT2D eigenvalue weighted by atomic mass is 9.93. The average Bonchev–Trinajstić information content (AvgIpc) is 3.09. The molecular weight excluding hydrogens is 457 g/mol. The normalized spacial score (nSPS) is 18.5. The molecule has 0 radical (unpaired) electrons. The fraction of sp³-hybridized carbons (Fsp3) is 0.450. The zero-order chi connectivity index (χ0) is 18.6. The number of hydrogen-bond donors (Lipinski definition) is 3. The number of rotatable bonds is 5. The van der Waals surface area contributed by atoms with Crippen LogP contribution in [0.25, 0.3) is 0 Å². The second-order valence-electron chi connectivity index (χ2n) is 6.86. The van der Waals surface area contributed by atoms with Crippen LogP contribution < -0.4 is 15.4 Å². The Bertz CT molecular complexity index is 773. The van der Waals surface area contributed by atoms with Crippen molar-refractivity contribution in [1.82, 2.24) is 10.6 Å². The first-order chi connectivity index (χ1) is 12.5. The number of furan rings is 1. The molecule has 3 N–H and O–H groups in total. The molecule has 2 atom stereocenters.